The highest BCUT2D eigenvalue weighted by Gasteiger charge is 2.09. The molecular weight excluding hydrogens is 214 g/mol. The fourth-order valence-corrected chi connectivity index (χ4v) is 1.86. The molecule has 0 atom stereocenters. The summed E-state index contributed by atoms with van der Waals surface area (Å²) in [4.78, 5) is 4.35. The van der Waals surface area contributed by atoms with E-state index in [9.17, 15) is 0 Å². The molecule has 1 aromatic carbocycles. The van der Waals surface area contributed by atoms with Crippen LogP contribution in [0.4, 0.5) is 11.4 Å². The topological polar surface area (TPSA) is 60.2 Å². The number of benzene rings is 1. The van der Waals surface area contributed by atoms with Gasteiger partial charge in [-0.15, -0.1) is 0 Å². The molecule has 90 valence electrons. The Hall–Kier alpha value is -1.97. The molecule has 4 nitrogen and oxygen atoms in total. The predicted octanol–water partition coefficient (Wildman–Crippen LogP) is 2.65. The summed E-state index contributed by atoms with van der Waals surface area (Å²) < 4.78 is 5.56. The maximum absolute atomic E-state index is 5.93. The van der Waals surface area contributed by atoms with Gasteiger partial charge in [0.2, 0.25) is 0 Å². The number of nitrogens with zero attached hydrogens (tertiary/aromatic N) is 1. The molecule has 0 radical (unpaired) electrons. The first kappa shape index (κ1) is 11.5. The van der Waals surface area contributed by atoms with Crippen molar-refractivity contribution in [1.29, 1.82) is 0 Å². The normalized spacial score (nSPS) is 10.5. The molecule has 2 aromatic rings. The SMILES string of the molecule is CCNc1c(N)cnc2c(OCC)cccc12. The summed E-state index contributed by atoms with van der Waals surface area (Å²) in [7, 11) is 0. The Morgan fingerprint density at radius 1 is 1.35 bits per heavy atom. The van der Waals surface area contributed by atoms with E-state index >= 15 is 0 Å². The van der Waals surface area contributed by atoms with Gasteiger partial charge in [-0.3, -0.25) is 4.98 Å². The summed E-state index contributed by atoms with van der Waals surface area (Å²) in [6.45, 7) is 5.45. The van der Waals surface area contributed by atoms with Gasteiger partial charge >= 0.3 is 0 Å². The summed E-state index contributed by atoms with van der Waals surface area (Å²) in [6.07, 6.45) is 1.67. The van der Waals surface area contributed by atoms with Gasteiger partial charge in [0.25, 0.3) is 0 Å². The predicted molar refractivity (Wildman–Crippen MR) is 71.5 cm³/mol. The minimum atomic E-state index is 0.627. The van der Waals surface area contributed by atoms with Crippen LogP contribution in [0, 0.1) is 0 Å². The van der Waals surface area contributed by atoms with Crippen molar-refractivity contribution in [3.63, 3.8) is 0 Å². The van der Waals surface area contributed by atoms with Crippen molar-refractivity contribution >= 4 is 22.3 Å². The number of para-hydroxylation sites is 1. The molecule has 1 aromatic heterocycles. The third kappa shape index (κ3) is 2.11. The first-order valence-electron chi connectivity index (χ1n) is 5.81. The Balaban J connectivity index is 2.64. The van der Waals surface area contributed by atoms with Gasteiger partial charge in [-0.25, -0.2) is 0 Å². The number of nitrogen functional groups attached to an aromatic ring is 1. The number of aromatic nitrogens is 1. The molecule has 0 fully saturated rings. The second kappa shape index (κ2) is 4.91. The molecule has 3 N–H and O–H groups in total. The standard InChI is InChI=1S/C13H17N3O/c1-3-15-12-9-6-5-7-11(17-4-2)13(9)16-8-10(12)14/h5-8H,3-4,14H2,1-2H3,(H,15,16). The smallest absolute Gasteiger partial charge is 0.145 e. The van der Waals surface area contributed by atoms with Gasteiger partial charge in [-0.05, 0) is 19.9 Å². The first-order chi connectivity index (χ1) is 8.27. The molecule has 1 heterocycles. The van der Waals surface area contributed by atoms with Crippen molar-refractivity contribution in [1.82, 2.24) is 4.98 Å². The summed E-state index contributed by atoms with van der Waals surface area (Å²) in [5, 5.41) is 4.27. The van der Waals surface area contributed by atoms with Crippen LogP contribution in [-0.4, -0.2) is 18.1 Å². The van der Waals surface area contributed by atoms with Crippen molar-refractivity contribution in [3.8, 4) is 5.75 Å². The van der Waals surface area contributed by atoms with Crippen molar-refractivity contribution in [2.24, 2.45) is 0 Å². The number of nitrogens with one attached hydrogen (secondary N) is 1. The minimum Gasteiger partial charge on any atom is -0.492 e. The molecular formula is C13H17N3O. The molecule has 2 rings (SSSR count). The monoisotopic (exact) mass is 231 g/mol. The summed E-state index contributed by atoms with van der Waals surface area (Å²) >= 11 is 0. The summed E-state index contributed by atoms with van der Waals surface area (Å²) in [5.41, 5.74) is 8.37. The number of pyridine rings is 1. The van der Waals surface area contributed by atoms with E-state index in [0.717, 1.165) is 28.9 Å². The van der Waals surface area contributed by atoms with E-state index in [4.69, 9.17) is 10.5 Å². The second-order valence-electron chi connectivity index (χ2n) is 3.70. The zero-order chi connectivity index (χ0) is 12.3. The largest absolute Gasteiger partial charge is 0.492 e. The fourth-order valence-electron chi connectivity index (χ4n) is 1.86. The average molecular weight is 231 g/mol. The molecule has 0 aliphatic rings. The van der Waals surface area contributed by atoms with E-state index in [-0.39, 0.29) is 0 Å². The van der Waals surface area contributed by atoms with Crippen molar-refractivity contribution in [2.75, 3.05) is 24.2 Å². The highest BCUT2D eigenvalue weighted by atomic mass is 16.5. The third-order valence-corrected chi connectivity index (χ3v) is 2.54. The van der Waals surface area contributed by atoms with Gasteiger partial charge in [0.15, 0.2) is 0 Å². The number of nitrogens with two attached hydrogens (primary N) is 1. The van der Waals surface area contributed by atoms with Crippen LogP contribution in [0.15, 0.2) is 24.4 Å². The third-order valence-electron chi connectivity index (χ3n) is 2.54. The lowest BCUT2D eigenvalue weighted by molar-refractivity contribution is 0.343. The quantitative estimate of drug-likeness (QED) is 0.849. The first-order valence-corrected chi connectivity index (χ1v) is 5.81. The molecule has 0 unspecified atom stereocenters. The minimum absolute atomic E-state index is 0.627. The van der Waals surface area contributed by atoms with E-state index in [2.05, 4.69) is 10.3 Å². The van der Waals surface area contributed by atoms with Gasteiger partial charge in [-0.1, -0.05) is 12.1 Å². The number of hydrogen-bond donors (Lipinski definition) is 2. The van der Waals surface area contributed by atoms with Crippen molar-refractivity contribution < 1.29 is 4.74 Å². The molecule has 0 aliphatic carbocycles. The van der Waals surface area contributed by atoms with E-state index < -0.39 is 0 Å². The van der Waals surface area contributed by atoms with Gasteiger partial charge in [0, 0.05) is 11.9 Å². The molecule has 0 aliphatic heterocycles. The molecule has 0 saturated carbocycles. The van der Waals surface area contributed by atoms with Crippen molar-refractivity contribution in [2.45, 2.75) is 13.8 Å². The van der Waals surface area contributed by atoms with Gasteiger partial charge in [0.1, 0.15) is 11.3 Å². The maximum Gasteiger partial charge on any atom is 0.145 e. The molecule has 0 bridgehead atoms. The lowest BCUT2D eigenvalue weighted by atomic mass is 10.1. The molecule has 17 heavy (non-hydrogen) atoms. The Kier molecular flexibility index (Phi) is 3.32. The van der Waals surface area contributed by atoms with Crippen molar-refractivity contribution in [3.05, 3.63) is 24.4 Å². The highest BCUT2D eigenvalue weighted by molar-refractivity contribution is 5.99. The lowest BCUT2D eigenvalue weighted by Crippen LogP contribution is -2.03. The Morgan fingerprint density at radius 3 is 2.88 bits per heavy atom. The van der Waals surface area contributed by atoms with Crippen LogP contribution in [0.5, 0.6) is 5.75 Å². The molecule has 4 heteroatoms. The van der Waals surface area contributed by atoms with E-state index in [1.165, 1.54) is 0 Å². The number of ether oxygens (including phenoxy) is 1. The van der Waals surface area contributed by atoms with Crippen LogP contribution in [0.1, 0.15) is 13.8 Å². The zero-order valence-corrected chi connectivity index (χ0v) is 10.2. The number of fused-ring (bicyclic) bond motifs is 1. The molecule has 0 amide bonds. The number of rotatable bonds is 4. The molecule has 0 saturated heterocycles. The van der Waals surface area contributed by atoms with E-state index in [1.807, 2.05) is 32.0 Å². The van der Waals surface area contributed by atoms with Crippen LogP contribution in [-0.2, 0) is 0 Å². The fraction of sp³-hybridized carbons (Fsp3) is 0.308. The number of anilines is 2. The van der Waals surface area contributed by atoms with Gasteiger partial charge < -0.3 is 15.8 Å². The van der Waals surface area contributed by atoms with Crippen LogP contribution < -0.4 is 15.8 Å². The average Bonchev–Trinajstić information content (AvgIpc) is 2.34. The maximum atomic E-state index is 5.93. The summed E-state index contributed by atoms with van der Waals surface area (Å²) in [5.74, 6) is 0.796. The van der Waals surface area contributed by atoms with Crippen LogP contribution in [0.25, 0.3) is 10.9 Å². The van der Waals surface area contributed by atoms with Crippen LogP contribution in [0.2, 0.25) is 0 Å². The summed E-state index contributed by atoms with van der Waals surface area (Å²) in [6, 6.07) is 5.87. The van der Waals surface area contributed by atoms with Gasteiger partial charge in [-0.2, -0.15) is 0 Å². The van der Waals surface area contributed by atoms with E-state index in [0.29, 0.717) is 12.3 Å². The van der Waals surface area contributed by atoms with E-state index in [1.54, 1.807) is 6.20 Å². The molecule has 0 spiro atoms. The highest BCUT2D eigenvalue weighted by Crippen LogP contribution is 2.32. The van der Waals surface area contributed by atoms with Crippen LogP contribution in [0.3, 0.4) is 0 Å². The van der Waals surface area contributed by atoms with Gasteiger partial charge in [0.05, 0.1) is 24.2 Å². The Labute approximate surface area is 101 Å². The Bertz CT molecular complexity index is 525. The van der Waals surface area contributed by atoms with Crippen LogP contribution >= 0.6 is 0 Å². The second-order valence-corrected chi connectivity index (χ2v) is 3.70. The number of hydrogen-bond acceptors (Lipinski definition) is 4. The lowest BCUT2D eigenvalue weighted by Gasteiger charge is -2.12. The zero-order valence-electron chi connectivity index (χ0n) is 10.2. The Morgan fingerprint density at radius 2 is 2.18 bits per heavy atom.